The number of ether oxygens (including phenoxy) is 1. The zero-order valence-corrected chi connectivity index (χ0v) is 18.1. The van der Waals surface area contributed by atoms with Crippen molar-refractivity contribution < 1.29 is 14.3 Å². The summed E-state index contributed by atoms with van der Waals surface area (Å²) < 4.78 is 5.15. The van der Waals surface area contributed by atoms with Gasteiger partial charge in [-0.1, -0.05) is 80.1 Å². The molecule has 0 aromatic heterocycles. The van der Waals surface area contributed by atoms with E-state index in [1.807, 2.05) is 60.7 Å². The molecule has 1 N–H and O–H groups in total. The SMILES string of the molecule is CCCc1ccccc1-c1ccc(NC(=O)C(Cc2ccccc2)C(=O)OCC)cc1. The Kier molecular flexibility index (Phi) is 7.99. The predicted molar refractivity (Wildman–Crippen MR) is 125 cm³/mol. The van der Waals surface area contributed by atoms with Gasteiger partial charge in [-0.15, -0.1) is 0 Å². The molecular formula is C27H29NO3. The van der Waals surface area contributed by atoms with E-state index >= 15 is 0 Å². The van der Waals surface area contributed by atoms with Crippen LogP contribution in [0.15, 0.2) is 78.9 Å². The number of hydrogen-bond donors (Lipinski definition) is 1. The van der Waals surface area contributed by atoms with Crippen molar-refractivity contribution in [3.63, 3.8) is 0 Å². The first-order chi connectivity index (χ1) is 15.1. The van der Waals surface area contributed by atoms with E-state index in [9.17, 15) is 9.59 Å². The van der Waals surface area contributed by atoms with Crippen LogP contribution < -0.4 is 5.32 Å². The first kappa shape index (κ1) is 22.3. The van der Waals surface area contributed by atoms with Gasteiger partial charge in [-0.2, -0.15) is 0 Å². The zero-order valence-electron chi connectivity index (χ0n) is 18.1. The molecule has 1 atom stereocenters. The van der Waals surface area contributed by atoms with E-state index < -0.39 is 11.9 Å². The Morgan fingerprint density at radius 2 is 1.55 bits per heavy atom. The molecule has 4 heteroatoms. The molecule has 3 aromatic carbocycles. The van der Waals surface area contributed by atoms with Crippen LogP contribution in [0.5, 0.6) is 0 Å². The lowest BCUT2D eigenvalue weighted by atomic mass is 9.96. The van der Waals surface area contributed by atoms with E-state index in [2.05, 4.69) is 30.4 Å². The summed E-state index contributed by atoms with van der Waals surface area (Å²) in [5.74, 6) is -1.76. The zero-order chi connectivity index (χ0) is 22.1. The fourth-order valence-corrected chi connectivity index (χ4v) is 3.63. The monoisotopic (exact) mass is 415 g/mol. The fourth-order valence-electron chi connectivity index (χ4n) is 3.63. The average molecular weight is 416 g/mol. The molecule has 0 saturated heterocycles. The van der Waals surface area contributed by atoms with E-state index in [0.717, 1.165) is 24.0 Å². The molecule has 0 heterocycles. The Bertz CT molecular complexity index is 997. The molecule has 1 unspecified atom stereocenters. The molecule has 3 rings (SSSR count). The third-order valence-electron chi connectivity index (χ3n) is 5.17. The molecule has 31 heavy (non-hydrogen) atoms. The first-order valence-electron chi connectivity index (χ1n) is 10.8. The number of rotatable bonds is 9. The number of carbonyl (C=O) groups is 2. The smallest absolute Gasteiger partial charge is 0.318 e. The molecule has 0 aliphatic rings. The van der Waals surface area contributed by atoms with Crippen LogP contribution in [0.1, 0.15) is 31.4 Å². The molecule has 0 aliphatic heterocycles. The number of amides is 1. The van der Waals surface area contributed by atoms with Crippen LogP contribution in [0, 0.1) is 5.92 Å². The van der Waals surface area contributed by atoms with Crippen LogP contribution >= 0.6 is 0 Å². The highest BCUT2D eigenvalue weighted by Gasteiger charge is 2.28. The van der Waals surface area contributed by atoms with Gasteiger partial charge < -0.3 is 10.1 Å². The standard InChI is InChI=1S/C27H29NO3/c1-3-10-21-13-8-9-14-24(21)22-15-17-23(18-16-22)28-26(29)25(27(30)31-4-2)19-20-11-6-5-7-12-20/h5-9,11-18,25H,3-4,10,19H2,1-2H3,(H,28,29). The van der Waals surface area contributed by atoms with Gasteiger partial charge in [-0.05, 0) is 54.2 Å². The summed E-state index contributed by atoms with van der Waals surface area (Å²) in [6, 6.07) is 25.6. The van der Waals surface area contributed by atoms with Crippen LogP contribution in [-0.2, 0) is 27.2 Å². The summed E-state index contributed by atoms with van der Waals surface area (Å²) >= 11 is 0. The summed E-state index contributed by atoms with van der Waals surface area (Å²) in [6.07, 6.45) is 2.41. The van der Waals surface area contributed by atoms with Crippen molar-refractivity contribution in [3.05, 3.63) is 90.0 Å². The number of esters is 1. The maximum Gasteiger partial charge on any atom is 0.318 e. The molecule has 160 valence electrons. The second kappa shape index (κ2) is 11.1. The van der Waals surface area contributed by atoms with Gasteiger partial charge in [-0.25, -0.2) is 0 Å². The topological polar surface area (TPSA) is 55.4 Å². The van der Waals surface area contributed by atoms with Gasteiger partial charge in [0.1, 0.15) is 5.92 Å². The number of nitrogens with one attached hydrogen (secondary N) is 1. The number of carbonyl (C=O) groups excluding carboxylic acids is 2. The van der Waals surface area contributed by atoms with Gasteiger partial charge in [0.25, 0.3) is 0 Å². The highest BCUT2D eigenvalue weighted by atomic mass is 16.5. The molecular weight excluding hydrogens is 386 g/mol. The Hall–Kier alpha value is -3.40. The van der Waals surface area contributed by atoms with Crippen LogP contribution in [-0.4, -0.2) is 18.5 Å². The molecule has 0 fully saturated rings. The summed E-state index contributed by atoms with van der Waals surface area (Å²) in [4.78, 5) is 25.3. The van der Waals surface area contributed by atoms with E-state index in [0.29, 0.717) is 12.1 Å². The molecule has 3 aromatic rings. The lowest BCUT2D eigenvalue weighted by Gasteiger charge is -2.16. The second-order valence-electron chi connectivity index (χ2n) is 7.47. The third-order valence-corrected chi connectivity index (χ3v) is 5.17. The minimum atomic E-state index is -0.896. The molecule has 1 amide bonds. The third kappa shape index (κ3) is 6.05. The van der Waals surface area contributed by atoms with Gasteiger partial charge >= 0.3 is 5.97 Å². The van der Waals surface area contributed by atoms with E-state index in [1.165, 1.54) is 11.1 Å². The van der Waals surface area contributed by atoms with E-state index in [4.69, 9.17) is 4.74 Å². The molecule has 0 aliphatic carbocycles. The minimum Gasteiger partial charge on any atom is -0.465 e. The van der Waals surface area contributed by atoms with Gasteiger partial charge in [0.05, 0.1) is 6.61 Å². The van der Waals surface area contributed by atoms with Crippen molar-refractivity contribution in [2.75, 3.05) is 11.9 Å². The first-order valence-corrected chi connectivity index (χ1v) is 10.8. The van der Waals surface area contributed by atoms with Crippen LogP contribution in [0.3, 0.4) is 0 Å². The van der Waals surface area contributed by atoms with Crippen molar-refractivity contribution in [2.24, 2.45) is 5.92 Å². The van der Waals surface area contributed by atoms with E-state index in [1.54, 1.807) is 6.92 Å². The highest BCUT2D eigenvalue weighted by molar-refractivity contribution is 6.05. The van der Waals surface area contributed by atoms with Gasteiger partial charge in [0, 0.05) is 5.69 Å². The number of anilines is 1. The Morgan fingerprint density at radius 1 is 0.871 bits per heavy atom. The highest BCUT2D eigenvalue weighted by Crippen LogP contribution is 2.26. The summed E-state index contributed by atoms with van der Waals surface area (Å²) in [5.41, 5.74) is 5.19. The van der Waals surface area contributed by atoms with Crippen molar-refractivity contribution in [1.82, 2.24) is 0 Å². The van der Waals surface area contributed by atoms with Crippen molar-refractivity contribution in [1.29, 1.82) is 0 Å². The van der Waals surface area contributed by atoms with Crippen molar-refractivity contribution in [3.8, 4) is 11.1 Å². The maximum atomic E-state index is 12.9. The number of benzene rings is 3. The van der Waals surface area contributed by atoms with Crippen molar-refractivity contribution >= 4 is 17.6 Å². The summed E-state index contributed by atoms with van der Waals surface area (Å²) in [6.45, 7) is 4.15. The molecule has 0 bridgehead atoms. The van der Waals surface area contributed by atoms with Gasteiger partial charge in [0.15, 0.2) is 0 Å². The number of aryl methyl sites for hydroxylation is 1. The Labute approximate surface area is 184 Å². The van der Waals surface area contributed by atoms with Crippen molar-refractivity contribution in [2.45, 2.75) is 33.1 Å². The van der Waals surface area contributed by atoms with Crippen LogP contribution in [0.2, 0.25) is 0 Å². The maximum absolute atomic E-state index is 12.9. The van der Waals surface area contributed by atoms with Crippen LogP contribution in [0.4, 0.5) is 5.69 Å². The molecule has 4 nitrogen and oxygen atoms in total. The van der Waals surface area contributed by atoms with Gasteiger partial charge in [-0.3, -0.25) is 9.59 Å². The largest absolute Gasteiger partial charge is 0.465 e. The van der Waals surface area contributed by atoms with Gasteiger partial charge in [0.2, 0.25) is 5.91 Å². The quantitative estimate of drug-likeness (QED) is 0.362. The molecule has 0 spiro atoms. The minimum absolute atomic E-state index is 0.239. The molecule has 0 radical (unpaired) electrons. The second-order valence-corrected chi connectivity index (χ2v) is 7.47. The lowest BCUT2D eigenvalue weighted by Crippen LogP contribution is -2.33. The summed E-state index contributed by atoms with van der Waals surface area (Å²) in [7, 11) is 0. The Balaban J connectivity index is 1.75. The van der Waals surface area contributed by atoms with E-state index in [-0.39, 0.29) is 12.5 Å². The van der Waals surface area contributed by atoms with Crippen LogP contribution in [0.25, 0.3) is 11.1 Å². The number of hydrogen-bond acceptors (Lipinski definition) is 3. The fraction of sp³-hybridized carbons (Fsp3) is 0.259. The molecule has 0 saturated carbocycles. The predicted octanol–water partition coefficient (Wildman–Crippen LogP) is 5.67. The normalized spacial score (nSPS) is 11.5. The summed E-state index contributed by atoms with van der Waals surface area (Å²) in [5, 5.41) is 2.88. The average Bonchev–Trinajstić information content (AvgIpc) is 2.79. The lowest BCUT2D eigenvalue weighted by molar-refractivity contribution is -0.150. The Morgan fingerprint density at radius 3 is 2.23 bits per heavy atom.